The number of amides is 1. The van der Waals surface area contributed by atoms with Gasteiger partial charge in [-0.25, -0.2) is 9.78 Å². The summed E-state index contributed by atoms with van der Waals surface area (Å²) in [6, 6.07) is 3.07. The van der Waals surface area contributed by atoms with Gasteiger partial charge in [0.15, 0.2) is 0 Å². The first-order chi connectivity index (χ1) is 8.78. The Labute approximate surface area is 116 Å². The van der Waals surface area contributed by atoms with E-state index in [4.69, 9.17) is 5.11 Å². The fourth-order valence-corrected chi connectivity index (χ4v) is 1.86. The van der Waals surface area contributed by atoms with Crippen LogP contribution >= 0.6 is 11.8 Å². The lowest BCUT2D eigenvalue weighted by molar-refractivity contribution is -0.118. The van der Waals surface area contributed by atoms with Gasteiger partial charge in [-0.1, -0.05) is 26.8 Å². The SMILES string of the molecule is CC(C)(C)SCC(=O)NCc1ccc(C(=O)O)nc1. The Morgan fingerprint density at radius 1 is 1.37 bits per heavy atom. The summed E-state index contributed by atoms with van der Waals surface area (Å²) in [5.41, 5.74) is 0.775. The van der Waals surface area contributed by atoms with E-state index in [1.54, 1.807) is 17.8 Å². The summed E-state index contributed by atoms with van der Waals surface area (Å²) in [6.07, 6.45) is 1.46. The van der Waals surface area contributed by atoms with Gasteiger partial charge >= 0.3 is 5.97 Å². The lowest BCUT2D eigenvalue weighted by atomic mass is 10.2. The van der Waals surface area contributed by atoms with Gasteiger partial charge in [0, 0.05) is 17.5 Å². The standard InChI is InChI=1S/C13H18N2O3S/c1-13(2,3)19-8-11(16)15-7-9-4-5-10(12(17)18)14-6-9/h4-6H,7-8H2,1-3H3,(H,15,16)(H,17,18). The van der Waals surface area contributed by atoms with Crippen molar-refractivity contribution in [2.45, 2.75) is 32.1 Å². The van der Waals surface area contributed by atoms with E-state index in [1.165, 1.54) is 12.3 Å². The molecule has 0 saturated heterocycles. The fourth-order valence-electron chi connectivity index (χ4n) is 1.19. The van der Waals surface area contributed by atoms with Crippen LogP contribution in [0.2, 0.25) is 0 Å². The predicted octanol–water partition coefficient (Wildman–Crippen LogP) is 1.93. The maximum Gasteiger partial charge on any atom is 0.354 e. The van der Waals surface area contributed by atoms with Crippen molar-refractivity contribution in [3.8, 4) is 0 Å². The van der Waals surface area contributed by atoms with Crippen LogP contribution in [0.4, 0.5) is 0 Å². The van der Waals surface area contributed by atoms with E-state index in [0.29, 0.717) is 12.3 Å². The Hall–Kier alpha value is -1.56. The molecule has 6 heteroatoms. The van der Waals surface area contributed by atoms with E-state index in [9.17, 15) is 9.59 Å². The normalized spacial score (nSPS) is 11.1. The largest absolute Gasteiger partial charge is 0.477 e. The van der Waals surface area contributed by atoms with Crippen molar-refractivity contribution in [3.05, 3.63) is 29.6 Å². The lowest BCUT2D eigenvalue weighted by Gasteiger charge is -2.16. The highest BCUT2D eigenvalue weighted by Gasteiger charge is 2.13. The first kappa shape index (κ1) is 15.5. The van der Waals surface area contributed by atoms with Gasteiger partial charge in [-0.15, -0.1) is 11.8 Å². The quantitative estimate of drug-likeness (QED) is 0.862. The highest BCUT2D eigenvalue weighted by Crippen LogP contribution is 2.22. The summed E-state index contributed by atoms with van der Waals surface area (Å²) >= 11 is 1.58. The Bertz CT molecular complexity index is 452. The number of rotatable bonds is 5. The van der Waals surface area contributed by atoms with Crippen molar-refractivity contribution in [2.24, 2.45) is 0 Å². The summed E-state index contributed by atoms with van der Waals surface area (Å²) in [6.45, 7) is 6.52. The molecular formula is C13H18N2O3S. The van der Waals surface area contributed by atoms with Crippen LogP contribution in [-0.2, 0) is 11.3 Å². The van der Waals surface area contributed by atoms with E-state index < -0.39 is 5.97 Å². The average Bonchev–Trinajstić information content (AvgIpc) is 2.33. The van der Waals surface area contributed by atoms with Gasteiger partial charge < -0.3 is 10.4 Å². The zero-order valence-electron chi connectivity index (χ0n) is 11.3. The van der Waals surface area contributed by atoms with Gasteiger partial charge in [-0.2, -0.15) is 0 Å². The topological polar surface area (TPSA) is 79.3 Å². The monoisotopic (exact) mass is 282 g/mol. The maximum absolute atomic E-state index is 11.6. The molecule has 0 aliphatic heterocycles. The third-order valence-corrected chi connectivity index (χ3v) is 3.44. The number of nitrogens with zero attached hydrogens (tertiary/aromatic N) is 1. The van der Waals surface area contributed by atoms with Crippen LogP contribution in [0.25, 0.3) is 0 Å². The van der Waals surface area contributed by atoms with Crippen molar-refractivity contribution in [2.75, 3.05) is 5.75 Å². The van der Waals surface area contributed by atoms with Gasteiger partial charge in [-0.05, 0) is 11.6 Å². The van der Waals surface area contributed by atoms with Crippen LogP contribution < -0.4 is 5.32 Å². The Balaban J connectivity index is 2.40. The summed E-state index contributed by atoms with van der Waals surface area (Å²) in [4.78, 5) is 26.0. The van der Waals surface area contributed by atoms with Crippen LogP contribution in [0.1, 0.15) is 36.8 Å². The Kier molecular flexibility index (Phi) is 5.35. The highest BCUT2D eigenvalue weighted by atomic mass is 32.2. The zero-order chi connectivity index (χ0) is 14.5. The fraction of sp³-hybridized carbons (Fsp3) is 0.462. The van der Waals surface area contributed by atoms with Gasteiger partial charge in [0.1, 0.15) is 5.69 Å². The molecule has 2 N–H and O–H groups in total. The second-order valence-electron chi connectivity index (χ2n) is 5.03. The van der Waals surface area contributed by atoms with Crippen LogP contribution in [0.5, 0.6) is 0 Å². The van der Waals surface area contributed by atoms with E-state index in [0.717, 1.165) is 5.56 Å². The summed E-state index contributed by atoms with van der Waals surface area (Å²) in [5, 5.41) is 11.5. The van der Waals surface area contributed by atoms with Crippen molar-refractivity contribution in [3.63, 3.8) is 0 Å². The molecule has 0 unspecified atom stereocenters. The molecule has 19 heavy (non-hydrogen) atoms. The molecule has 5 nitrogen and oxygen atoms in total. The molecule has 0 spiro atoms. The number of pyridine rings is 1. The number of aromatic nitrogens is 1. The molecule has 104 valence electrons. The van der Waals surface area contributed by atoms with Crippen molar-refractivity contribution >= 4 is 23.6 Å². The molecule has 0 aromatic carbocycles. The molecule has 1 aromatic rings. The summed E-state index contributed by atoms with van der Waals surface area (Å²) < 4.78 is 0.0576. The van der Waals surface area contributed by atoms with Crippen LogP contribution in [0.3, 0.4) is 0 Å². The molecular weight excluding hydrogens is 264 g/mol. The molecule has 1 heterocycles. The lowest BCUT2D eigenvalue weighted by Crippen LogP contribution is -2.26. The van der Waals surface area contributed by atoms with E-state index in [2.05, 4.69) is 31.1 Å². The summed E-state index contributed by atoms with van der Waals surface area (Å²) in [7, 11) is 0. The van der Waals surface area contributed by atoms with E-state index in [1.807, 2.05) is 0 Å². The molecule has 0 aliphatic carbocycles. The maximum atomic E-state index is 11.6. The minimum absolute atomic E-state index is 0.00151. The van der Waals surface area contributed by atoms with Gasteiger partial charge in [0.05, 0.1) is 5.75 Å². The third kappa shape index (κ3) is 6.24. The zero-order valence-corrected chi connectivity index (χ0v) is 12.1. The Morgan fingerprint density at radius 3 is 2.53 bits per heavy atom. The predicted molar refractivity (Wildman–Crippen MR) is 75.3 cm³/mol. The molecule has 0 fully saturated rings. The van der Waals surface area contributed by atoms with E-state index >= 15 is 0 Å². The minimum Gasteiger partial charge on any atom is -0.477 e. The number of hydrogen-bond acceptors (Lipinski definition) is 4. The number of carboxylic acid groups (broad SMARTS) is 1. The number of carbonyl (C=O) groups is 2. The molecule has 0 radical (unpaired) electrons. The number of thioether (sulfide) groups is 1. The molecule has 0 aliphatic rings. The first-order valence-corrected chi connectivity index (χ1v) is 6.85. The molecule has 0 atom stereocenters. The Morgan fingerprint density at radius 2 is 2.05 bits per heavy atom. The minimum atomic E-state index is -1.06. The molecule has 1 rings (SSSR count). The van der Waals surface area contributed by atoms with Crippen molar-refractivity contribution in [1.82, 2.24) is 10.3 Å². The number of carboxylic acids is 1. The van der Waals surface area contributed by atoms with Crippen LogP contribution in [-0.4, -0.2) is 32.5 Å². The van der Waals surface area contributed by atoms with Crippen molar-refractivity contribution < 1.29 is 14.7 Å². The van der Waals surface area contributed by atoms with Crippen LogP contribution in [0.15, 0.2) is 18.3 Å². The summed E-state index contributed by atoms with van der Waals surface area (Å²) in [5.74, 6) is -0.691. The van der Waals surface area contributed by atoms with Crippen molar-refractivity contribution in [1.29, 1.82) is 0 Å². The highest BCUT2D eigenvalue weighted by molar-refractivity contribution is 8.01. The van der Waals surface area contributed by atoms with Gasteiger partial charge in [0.25, 0.3) is 0 Å². The number of aromatic carboxylic acids is 1. The second kappa shape index (κ2) is 6.56. The van der Waals surface area contributed by atoms with Gasteiger partial charge in [0.2, 0.25) is 5.91 Å². The molecule has 1 amide bonds. The third-order valence-electron chi connectivity index (χ3n) is 2.17. The number of carbonyl (C=O) groups excluding carboxylic acids is 1. The average molecular weight is 282 g/mol. The smallest absolute Gasteiger partial charge is 0.354 e. The second-order valence-corrected chi connectivity index (χ2v) is 6.84. The molecule has 1 aromatic heterocycles. The van der Waals surface area contributed by atoms with Crippen LogP contribution in [0, 0.1) is 0 Å². The van der Waals surface area contributed by atoms with Gasteiger partial charge in [-0.3, -0.25) is 4.79 Å². The molecule has 0 saturated carbocycles. The molecule has 0 bridgehead atoms. The number of nitrogens with one attached hydrogen (secondary N) is 1. The number of hydrogen-bond donors (Lipinski definition) is 2. The van der Waals surface area contributed by atoms with E-state index in [-0.39, 0.29) is 16.3 Å². The first-order valence-electron chi connectivity index (χ1n) is 5.87.